The van der Waals surface area contributed by atoms with Gasteiger partial charge in [-0.3, -0.25) is 14.9 Å². The Hall–Kier alpha value is -3.23. The number of rotatable bonds is 7. The highest BCUT2D eigenvalue weighted by atomic mass is 16.6. The molecule has 27 heavy (non-hydrogen) atoms. The highest BCUT2D eigenvalue weighted by Crippen LogP contribution is 2.23. The van der Waals surface area contributed by atoms with Crippen molar-refractivity contribution in [3.05, 3.63) is 52.8 Å². The topological polar surface area (TPSA) is 113 Å². The molecule has 9 heteroatoms. The van der Waals surface area contributed by atoms with E-state index in [1.54, 1.807) is 36.7 Å². The smallest absolute Gasteiger partial charge is 0.292 e. The summed E-state index contributed by atoms with van der Waals surface area (Å²) in [5.74, 6) is 0.515. The minimum absolute atomic E-state index is 0.0139. The summed E-state index contributed by atoms with van der Waals surface area (Å²) < 4.78 is 0. The van der Waals surface area contributed by atoms with Crippen molar-refractivity contribution in [1.29, 1.82) is 0 Å². The zero-order valence-electron chi connectivity index (χ0n) is 14.9. The number of piperidine rings is 1. The van der Waals surface area contributed by atoms with Crippen LogP contribution in [0.2, 0.25) is 0 Å². The van der Waals surface area contributed by atoms with E-state index in [1.165, 1.54) is 6.07 Å². The Kier molecular flexibility index (Phi) is 6.14. The molecule has 2 heterocycles. The fraction of sp³-hybridized carbons (Fsp3) is 0.389. The molecule has 1 fully saturated rings. The Bertz CT molecular complexity index is 786. The van der Waals surface area contributed by atoms with Crippen LogP contribution >= 0.6 is 0 Å². The van der Waals surface area contributed by atoms with Gasteiger partial charge in [0.1, 0.15) is 5.69 Å². The molecule has 2 aromatic rings. The van der Waals surface area contributed by atoms with E-state index in [0.29, 0.717) is 31.3 Å². The maximum atomic E-state index is 12.4. The fourth-order valence-corrected chi connectivity index (χ4v) is 3.14. The number of benzene rings is 1. The van der Waals surface area contributed by atoms with Crippen LogP contribution in [-0.2, 0) is 4.79 Å². The molecule has 0 spiro atoms. The summed E-state index contributed by atoms with van der Waals surface area (Å²) in [6, 6.07) is 8.22. The lowest BCUT2D eigenvalue weighted by Crippen LogP contribution is -2.44. The Balaban J connectivity index is 1.46. The lowest BCUT2D eigenvalue weighted by Gasteiger charge is -2.31. The summed E-state index contributed by atoms with van der Waals surface area (Å²) in [7, 11) is 0. The molecule has 9 nitrogen and oxygen atoms in total. The number of anilines is 2. The maximum Gasteiger partial charge on any atom is 0.292 e. The quantitative estimate of drug-likeness (QED) is 0.434. The van der Waals surface area contributed by atoms with Gasteiger partial charge in [0.25, 0.3) is 5.69 Å². The van der Waals surface area contributed by atoms with E-state index in [4.69, 9.17) is 0 Å². The molecule has 1 aliphatic rings. The standard InChI is InChI=1S/C18H22N6O3/c25-17(14-5-3-12-23(13-14)18-21-8-4-9-22-18)20-11-10-19-15-6-1-2-7-16(15)24(26)27/h1-2,4,6-9,14,19H,3,5,10-13H2,(H,20,25). The first-order valence-electron chi connectivity index (χ1n) is 8.92. The van der Waals surface area contributed by atoms with Crippen LogP contribution in [0.25, 0.3) is 0 Å². The minimum Gasteiger partial charge on any atom is -0.378 e. The van der Waals surface area contributed by atoms with Crippen molar-refractivity contribution < 1.29 is 9.72 Å². The van der Waals surface area contributed by atoms with Gasteiger partial charge in [0.2, 0.25) is 11.9 Å². The van der Waals surface area contributed by atoms with Crippen LogP contribution < -0.4 is 15.5 Å². The Morgan fingerprint density at radius 3 is 2.78 bits per heavy atom. The van der Waals surface area contributed by atoms with Crippen molar-refractivity contribution >= 4 is 23.2 Å². The normalized spacial score (nSPS) is 16.6. The summed E-state index contributed by atoms with van der Waals surface area (Å²) in [5.41, 5.74) is 0.469. The summed E-state index contributed by atoms with van der Waals surface area (Å²) in [6.45, 7) is 2.23. The van der Waals surface area contributed by atoms with Crippen molar-refractivity contribution in [2.75, 3.05) is 36.4 Å². The van der Waals surface area contributed by atoms with E-state index in [-0.39, 0.29) is 17.5 Å². The van der Waals surface area contributed by atoms with Crippen molar-refractivity contribution in [2.24, 2.45) is 5.92 Å². The third-order valence-corrected chi connectivity index (χ3v) is 4.47. The number of nitro benzene ring substituents is 1. The van der Waals surface area contributed by atoms with Gasteiger partial charge in [-0.1, -0.05) is 12.1 Å². The molecule has 0 saturated carbocycles. The summed E-state index contributed by atoms with van der Waals surface area (Å²) in [4.78, 5) is 33.5. The number of hydrogen-bond acceptors (Lipinski definition) is 7. The fourth-order valence-electron chi connectivity index (χ4n) is 3.14. The molecule has 3 rings (SSSR count). The predicted molar refractivity (Wildman–Crippen MR) is 102 cm³/mol. The number of nitrogens with one attached hydrogen (secondary N) is 2. The van der Waals surface area contributed by atoms with Crippen LogP contribution in [0.3, 0.4) is 0 Å². The average molecular weight is 370 g/mol. The number of nitro groups is 1. The molecule has 2 N–H and O–H groups in total. The molecule has 0 radical (unpaired) electrons. The van der Waals surface area contributed by atoms with E-state index in [9.17, 15) is 14.9 Å². The lowest BCUT2D eigenvalue weighted by atomic mass is 9.97. The predicted octanol–water partition coefficient (Wildman–Crippen LogP) is 1.83. The van der Waals surface area contributed by atoms with Crippen molar-refractivity contribution in [3.8, 4) is 0 Å². The molecule has 142 valence electrons. The number of carbonyl (C=O) groups excluding carboxylic acids is 1. The van der Waals surface area contributed by atoms with Gasteiger partial charge in [0.05, 0.1) is 10.8 Å². The molecule has 1 saturated heterocycles. The summed E-state index contributed by atoms with van der Waals surface area (Å²) in [5, 5.41) is 16.9. The molecule has 1 atom stereocenters. The number of amides is 1. The van der Waals surface area contributed by atoms with Gasteiger partial charge in [-0.2, -0.15) is 0 Å². The van der Waals surface area contributed by atoms with E-state index in [1.807, 2.05) is 4.90 Å². The van der Waals surface area contributed by atoms with Gasteiger partial charge < -0.3 is 15.5 Å². The molecule has 1 aromatic heterocycles. The lowest BCUT2D eigenvalue weighted by molar-refractivity contribution is -0.384. The molecule has 1 aliphatic heterocycles. The molecule has 1 amide bonds. The van der Waals surface area contributed by atoms with Crippen LogP contribution in [0.5, 0.6) is 0 Å². The Labute approximate surface area is 157 Å². The number of hydrogen-bond donors (Lipinski definition) is 2. The van der Waals surface area contributed by atoms with Gasteiger partial charge >= 0.3 is 0 Å². The van der Waals surface area contributed by atoms with Gasteiger partial charge in [0.15, 0.2) is 0 Å². The molecule has 1 aromatic carbocycles. The van der Waals surface area contributed by atoms with Crippen molar-refractivity contribution in [2.45, 2.75) is 12.8 Å². The van der Waals surface area contributed by atoms with Crippen molar-refractivity contribution in [1.82, 2.24) is 15.3 Å². The average Bonchev–Trinajstić information content (AvgIpc) is 2.72. The summed E-state index contributed by atoms with van der Waals surface area (Å²) >= 11 is 0. The van der Waals surface area contributed by atoms with Crippen LogP contribution in [0.4, 0.5) is 17.3 Å². The van der Waals surface area contributed by atoms with Gasteiger partial charge in [-0.15, -0.1) is 0 Å². The van der Waals surface area contributed by atoms with Crippen LogP contribution in [0.1, 0.15) is 12.8 Å². The SMILES string of the molecule is O=C(NCCNc1ccccc1[N+](=O)[O-])C1CCCN(c2ncccn2)C1. The van der Waals surface area contributed by atoms with Gasteiger partial charge in [0, 0.05) is 44.6 Å². The number of aromatic nitrogens is 2. The Morgan fingerprint density at radius 2 is 2.00 bits per heavy atom. The molecule has 0 bridgehead atoms. The minimum atomic E-state index is -0.427. The Morgan fingerprint density at radius 1 is 1.22 bits per heavy atom. The van der Waals surface area contributed by atoms with E-state index in [2.05, 4.69) is 20.6 Å². The second-order valence-corrected chi connectivity index (χ2v) is 6.33. The number of nitrogens with zero attached hydrogens (tertiary/aromatic N) is 4. The third-order valence-electron chi connectivity index (χ3n) is 4.47. The molecular formula is C18H22N6O3. The van der Waals surface area contributed by atoms with Crippen LogP contribution in [0.15, 0.2) is 42.7 Å². The van der Waals surface area contributed by atoms with E-state index < -0.39 is 4.92 Å². The second-order valence-electron chi connectivity index (χ2n) is 6.33. The highest BCUT2D eigenvalue weighted by molar-refractivity contribution is 5.79. The van der Waals surface area contributed by atoms with E-state index in [0.717, 1.165) is 19.4 Å². The zero-order valence-corrected chi connectivity index (χ0v) is 14.9. The number of carbonyl (C=O) groups is 1. The summed E-state index contributed by atoms with van der Waals surface area (Å²) in [6.07, 6.45) is 5.12. The molecule has 1 unspecified atom stereocenters. The molecule has 0 aliphatic carbocycles. The van der Waals surface area contributed by atoms with Crippen LogP contribution in [0, 0.1) is 16.0 Å². The number of para-hydroxylation sites is 2. The third kappa shape index (κ3) is 4.90. The van der Waals surface area contributed by atoms with Gasteiger partial charge in [-0.05, 0) is 25.0 Å². The monoisotopic (exact) mass is 370 g/mol. The van der Waals surface area contributed by atoms with Gasteiger partial charge in [-0.25, -0.2) is 9.97 Å². The maximum absolute atomic E-state index is 12.4. The first-order valence-corrected chi connectivity index (χ1v) is 8.92. The highest BCUT2D eigenvalue weighted by Gasteiger charge is 2.26. The largest absolute Gasteiger partial charge is 0.378 e. The zero-order chi connectivity index (χ0) is 19.1. The molecular weight excluding hydrogens is 348 g/mol. The first-order chi connectivity index (χ1) is 13.1. The van der Waals surface area contributed by atoms with Crippen molar-refractivity contribution in [3.63, 3.8) is 0 Å². The van der Waals surface area contributed by atoms with E-state index >= 15 is 0 Å². The van der Waals surface area contributed by atoms with Crippen LogP contribution in [-0.4, -0.2) is 47.0 Å². The first kappa shape index (κ1) is 18.6. The second kappa shape index (κ2) is 8.93.